The number of rotatable bonds is 7. The summed E-state index contributed by atoms with van der Waals surface area (Å²) in [5.74, 6) is 0.158. The van der Waals surface area contributed by atoms with Gasteiger partial charge in [-0.25, -0.2) is 36.1 Å². The summed E-state index contributed by atoms with van der Waals surface area (Å²) >= 11 is 0.665. The molecule has 1 aliphatic carbocycles. The predicted molar refractivity (Wildman–Crippen MR) is 131 cm³/mol. The molecule has 2 amide bonds. The van der Waals surface area contributed by atoms with Gasteiger partial charge in [-0.1, -0.05) is 17.4 Å². The van der Waals surface area contributed by atoms with Crippen molar-refractivity contribution in [3.05, 3.63) is 35.1 Å². The minimum atomic E-state index is -4.13. The van der Waals surface area contributed by atoms with E-state index < -0.39 is 33.7 Å². The highest BCUT2D eigenvalue weighted by Gasteiger charge is 2.46. The molecule has 0 bridgehead atoms. The monoisotopic (exact) mass is 555 g/mol. The molecule has 0 aromatic carbocycles. The van der Waals surface area contributed by atoms with Crippen molar-refractivity contribution in [2.45, 2.75) is 36.1 Å². The molecule has 0 spiro atoms. The highest BCUT2D eigenvalue weighted by atomic mass is 32.2. The van der Waals surface area contributed by atoms with Gasteiger partial charge in [0.05, 0.1) is 22.1 Å². The molecule has 0 radical (unpaired) electrons. The van der Waals surface area contributed by atoms with E-state index in [-0.39, 0.29) is 21.8 Å². The summed E-state index contributed by atoms with van der Waals surface area (Å²) in [6.07, 6.45) is 3.14. The molecular weight excluding hydrogens is 531 g/mol. The number of aromatic nitrogens is 4. The van der Waals surface area contributed by atoms with Crippen LogP contribution in [0.25, 0.3) is 21.9 Å². The average Bonchev–Trinajstić information content (AvgIpc) is 3.26. The SMILES string of the molecule is CN(C)C(=O)N1CC=C(c2cc(S(=O)(=O)NC3(CF)CC3)cn3c(-c4nnc(C(F)F)s4)ncc23)CC1. The molecule has 15 heteroatoms. The van der Waals surface area contributed by atoms with Gasteiger partial charge < -0.3 is 9.80 Å². The van der Waals surface area contributed by atoms with Crippen molar-refractivity contribution in [2.75, 3.05) is 33.9 Å². The molecule has 1 N–H and O–H groups in total. The van der Waals surface area contributed by atoms with Crippen LogP contribution >= 0.6 is 11.3 Å². The summed E-state index contributed by atoms with van der Waals surface area (Å²) in [6.45, 7) is -0.0715. The van der Waals surface area contributed by atoms with E-state index in [0.717, 1.165) is 5.57 Å². The normalized spacial score (nSPS) is 17.4. The van der Waals surface area contributed by atoms with Crippen molar-refractivity contribution in [1.82, 2.24) is 34.1 Å². The third-order valence-electron chi connectivity index (χ3n) is 6.41. The van der Waals surface area contributed by atoms with Gasteiger partial charge >= 0.3 is 6.03 Å². The number of pyridine rings is 1. The largest absolute Gasteiger partial charge is 0.331 e. The lowest BCUT2D eigenvalue weighted by molar-refractivity contribution is 0.150. The smallest absolute Gasteiger partial charge is 0.319 e. The zero-order valence-electron chi connectivity index (χ0n) is 20.0. The number of imidazole rings is 1. The van der Waals surface area contributed by atoms with Crippen LogP contribution < -0.4 is 4.72 Å². The van der Waals surface area contributed by atoms with Crippen LogP contribution in [0.3, 0.4) is 0 Å². The lowest BCUT2D eigenvalue weighted by Gasteiger charge is -2.29. The van der Waals surface area contributed by atoms with Crippen LogP contribution in [0.1, 0.15) is 36.3 Å². The summed E-state index contributed by atoms with van der Waals surface area (Å²) in [5.41, 5.74) is 0.789. The van der Waals surface area contributed by atoms with Crippen molar-refractivity contribution in [2.24, 2.45) is 0 Å². The van der Waals surface area contributed by atoms with E-state index in [1.165, 1.54) is 27.8 Å². The number of alkyl halides is 3. The van der Waals surface area contributed by atoms with Crippen molar-refractivity contribution in [1.29, 1.82) is 0 Å². The number of carbonyl (C=O) groups excluding carboxylic acids is 1. The minimum absolute atomic E-state index is 0.103. The van der Waals surface area contributed by atoms with Crippen LogP contribution in [0.2, 0.25) is 0 Å². The molecule has 3 aromatic heterocycles. The van der Waals surface area contributed by atoms with Crippen molar-refractivity contribution >= 4 is 38.5 Å². The molecule has 37 heavy (non-hydrogen) atoms. The minimum Gasteiger partial charge on any atom is -0.331 e. The molecule has 0 atom stereocenters. The van der Waals surface area contributed by atoms with Crippen LogP contribution in [0.5, 0.6) is 0 Å². The summed E-state index contributed by atoms with van der Waals surface area (Å²) in [5, 5.41) is 6.96. The van der Waals surface area contributed by atoms with Crippen molar-refractivity contribution < 1.29 is 26.4 Å². The Bertz CT molecular complexity index is 1500. The molecule has 4 heterocycles. The van der Waals surface area contributed by atoms with Crippen LogP contribution in [-0.2, 0) is 10.0 Å². The lowest BCUT2D eigenvalue weighted by atomic mass is 9.99. The number of hydrogen-bond donors (Lipinski definition) is 1. The first-order valence-corrected chi connectivity index (χ1v) is 13.7. The number of halogens is 3. The lowest BCUT2D eigenvalue weighted by Crippen LogP contribution is -2.41. The number of carbonyl (C=O) groups is 1. The topological polar surface area (TPSA) is 113 Å². The van der Waals surface area contributed by atoms with Crippen LogP contribution in [0.4, 0.5) is 18.0 Å². The van der Waals surface area contributed by atoms with Gasteiger partial charge in [-0.2, -0.15) is 0 Å². The maximum Gasteiger partial charge on any atom is 0.319 e. The Labute approximate surface area is 214 Å². The second-order valence-electron chi connectivity index (χ2n) is 9.29. The van der Waals surface area contributed by atoms with Gasteiger partial charge in [0.15, 0.2) is 15.8 Å². The number of hydrogen-bond acceptors (Lipinski definition) is 7. The summed E-state index contributed by atoms with van der Waals surface area (Å²) in [7, 11) is -0.803. The van der Waals surface area contributed by atoms with E-state index in [1.807, 2.05) is 6.08 Å². The molecule has 1 aliphatic heterocycles. The highest BCUT2D eigenvalue weighted by molar-refractivity contribution is 7.89. The number of fused-ring (bicyclic) bond motifs is 1. The van der Waals surface area contributed by atoms with Gasteiger partial charge in [0.2, 0.25) is 10.0 Å². The Balaban J connectivity index is 1.62. The number of amides is 2. The number of urea groups is 1. The fourth-order valence-corrected chi connectivity index (χ4v) is 6.33. The highest BCUT2D eigenvalue weighted by Crippen LogP contribution is 2.38. The van der Waals surface area contributed by atoms with E-state index in [1.54, 1.807) is 19.0 Å². The summed E-state index contributed by atoms with van der Waals surface area (Å²) < 4.78 is 70.3. The number of nitrogens with zero attached hydrogens (tertiary/aromatic N) is 6. The van der Waals surface area contributed by atoms with Crippen LogP contribution in [0.15, 0.2) is 29.4 Å². The summed E-state index contributed by atoms with van der Waals surface area (Å²) in [4.78, 5) is 19.7. The average molecular weight is 556 g/mol. The number of sulfonamides is 1. The third-order valence-corrected chi connectivity index (χ3v) is 8.89. The van der Waals surface area contributed by atoms with E-state index in [4.69, 9.17) is 0 Å². The van der Waals surface area contributed by atoms with Gasteiger partial charge in [0.25, 0.3) is 6.43 Å². The summed E-state index contributed by atoms with van der Waals surface area (Å²) in [6, 6.07) is 1.36. The second-order valence-corrected chi connectivity index (χ2v) is 12.0. The van der Waals surface area contributed by atoms with E-state index in [0.29, 0.717) is 54.8 Å². The van der Waals surface area contributed by atoms with Crippen LogP contribution in [-0.4, -0.2) is 83.2 Å². The van der Waals surface area contributed by atoms with Crippen molar-refractivity contribution in [3.63, 3.8) is 0 Å². The Hall–Kier alpha value is -3.04. The molecule has 0 unspecified atom stereocenters. The fourth-order valence-electron chi connectivity index (χ4n) is 4.18. The molecule has 2 aliphatic rings. The molecule has 3 aromatic rings. The van der Waals surface area contributed by atoms with Gasteiger partial charge in [0.1, 0.15) is 6.67 Å². The molecule has 10 nitrogen and oxygen atoms in total. The van der Waals surface area contributed by atoms with Crippen LogP contribution in [0, 0.1) is 0 Å². The molecule has 1 saturated carbocycles. The maximum absolute atomic E-state index is 13.5. The first kappa shape index (κ1) is 25.6. The Kier molecular flexibility index (Phi) is 6.48. The molecule has 1 fully saturated rings. The zero-order valence-corrected chi connectivity index (χ0v) is 21.6. The first-order valence-electron chi connectivity index (χ1n) is 11.4. The quantitative estimate of drug-likeness (QED) is 0.479. The molecule has 5 rings (SSSR count). The first-order chi connectivity index (χ1) is 17.5. The second kappa shape index (κ2) is 9.36. The standard InChI is InChI=1S/C22H24F3N7O3S2/c1-30(2)21(33)31-7-3-13(4-8-31)15-9-14(37(34,35)29-22(12-23)5-6-22)11-32-16(15)10-26-18(32)20-28-27-19(36-20)17(24)25/h3,9-11,17,29H,4-8,12H2,1-2H3. The van der Waals surface area contributed by atoms with Gasteiger partial charge in [-0.05, 0) is 30.9 Å². The molecular formula is C22H24F3N7O3S2. The van der Waals surface area contributed by atoms with E-state index in [9.17, 15) is 26.4 Å². The van der Waals surface area contributed by atoms with Crippen molar-refractivity contribution in [3.8, 4) is 10.8 Å². The Morgan fingerprint density at radius 2 is 2.05 bits per heavy atom. The Morgan fingerprint density at radius 1 is 1.30 bits per heavy atom. The fraction of sp³-hybridized carbons (Fsp3) is 0.455. The zero-order chi connectivity index (χ0) is 26.5. The van der Waals surface area contributed by atoms with Gasteiger partial charge in [-0.15, -0.1) is 10.2 Å². The van der Waals surface area contributed by atoms with Gasteiger partial charge in [-0.3, -0.25) is 4.40 Å². The predicted octanol–water partition coefficient (Wildman–Crippen LogP) is 3.34. The third kappa shape index (κ3) is 4.82. The number of nitrogens with one attached hydrogen (secondary N) is 1. The molecule has 198 valence electrons. The van der Waals surface area contributed by atoms with E-state index >= 15 is 0 Å². The maximum atomic E-state index is 13.5. The molecule has 0 saturated heterocycles. The Morgan fingerprint density at radius 3 is 2.62 bits per heavy atom. The van der Waals surface area contributed by atoms with Gasteiger partial charge in [0, 0.05) is 38.9 Å². The van der Waals surface area contributed by atoms with E-state index in [2.05, 4.69) is 19.9 Å².